The van der Waals surface area contributed by atoms with Gasteiger partial charge < -0.3 is 25.6 Å². The van der Waals surface area contributed by atoms with Crippen LogP contribution in [-0.4, -0.2) is 95.1 Å². The van der Waals surface area contributed by atoms with Gasteiger partial charge in [-0.05, 0) is 18.9 Å². The highest BCUT2D eigenvalue weighted by molar-refractivity contribution is 5.92. The molecule has 2 amide bonds. The number of aliphatic hydroxyl groups is 1. The fourth-order valence-corrected chi connectivity index (χ4v) is 3.32. The van der Waals surface area contributed by atoms with Crippen LogP contribution in [0.15, 0.2) is 12.3 Å². The van der Waals surface area contributed by atoms with Gasteiger partial charge >= 0.3 is 0 Å². The van der Waals surface area contributed by atoms with Crippen molar-refractivity contribution in [2.75, 3.05) is 39.4 Å². The maximum atomic E-state index is 12.3. The Labute approximate surface area is 162 Å². The molecule has 3 rings (SSSR count). The molecule has 156 valence electrons. The van der Waals surface area contributed by atoms with Gasteiger partial charge in [0.25, 0.3) is 12.4 Å². The van der Waals surface area contributed by atoms with Crippen LogP contribution in [0.1, 0.15) is 23.3 Å². The van der Waals surface area contributed by atoms with E-state index in [0.717, 1.165) is 32.8 Å². The first kappa shape index (κ1) is 21.8. The Morgan fingerprint density at radius 3 is 2.71 bits per heavy atom. The topological polar surface area (TPSA) is 157 Å². The molecule has 0 aromatic carbocycles. The van der Waals surface area contributed by atoms with Crippen molar-refractivity contribution < 1.29 is 29.3 Å². The van der Waals surface area contributed by atoms with Crippen molar-refractivity contribution in [3.8, 4) is 0 Å². The number of carbonyl (C=O) groups is 3. The first-order valence-electron chi connectivity index (χ1n) is 9.19. The number of nitrogens with zero attached hydrogens (tertiary/aromatic N) is 2. The molecule has 0 unspecified atom stereocenters. The number of aromatic amines is 1. The smallest absolute Gasteiger partial charge is 0.290 e. The van der Waals surface area contributed by atoms with E-state index in [9.17, 15) is 14.7 Å². The van der Waals surface area contributed by atoms with Crippen molar-refractivity contribution in [1.29, 1.82) is 0 Å². The molecule has 1 aliphatic carbocycles. The van der Waals surface area contributed by atoms with E-state index in [1.165, 1.54) is 6.20 Å². The lowest BCUT2D eigenvalue weighted by atomic mass is 10.1. The molecular weight excluding hydrogens is 370 g/mol. The molecule has 0 bridgehead atoms. The second kappa shape index (κ2) is 11.4. The summed E-state index contributed by atoms with van der Waals surface area (Å²) >= 11 is 0. The number of hydrogen-bond donors (Lipinski definition) is 5. The third-order valence-corrected chi connectivity index (χ3v) is 4.79. The minimum atomic E-state index is -0.720. The van der Waals surface area contributed by atoms with Crippen LogP contribution >= 0.6 is 0 Å². The molecule has 0 spiro atoms. The van der Waals surface area contributed by atoms with Crippen LogP contribution in [0.3, 0.4) is 0 Å². The maximum Gasteiger partial charge on any atom is 0.290 e. The van der Waals surface area contributed by atoms with Crippen molar-refractivity contribution in [1.82, 2.24) is 25.7 Å². The summed E-state index contributed by atoms with van der Waals surface area (Å²) in [4.78, 5) is 34.9. The fourth-order valence-electron chi connectivity index (χ4n) is 3.32. The Hall–Kier alpha value is -2.50. The summed E-state index contributed by atoms with van der Waals surface area (Å²) in [6.07, 6.45) is 1.56. The number of carbonyl (C=O) groups excluding carboxylic acids is 2. The second-order valence-electron chi connectivity index (χ2n) is 6.64. The summed E-state index contributed by atoms with van der Waals surface area (Å²) < 4.78 is 5.29. The largest absolute Gasteiger partial charge is 0.483 e. The summed E-state index contributed by atoms with van der Waals surface area (Å²) in [6, 6.07) is 1.14. The van der Waals surface area contributed by atoms with E-state index in [1.54, 1.807) is 6.07 Å². The Morgan fingerprint density at radius 1 is 1.36 bits per heavy atom. The number of nitrogens with one attached hydrogen (secondary N) is 3. The van der Waals surface area contributed by atoms with Crippen molar-refractivity contribution in [3.05, 3.63) is 18.0 Å². The van der Waals surface area contributed by atoms with Crippen LogP contribution < -0.4 is 10.6 Å². The number of H-pyrrole nitrogens is 1. The van der Waals surface area contributed by atoms with Crippen LogP contribution in [0.5, 0.6) is 0 Å². The zero-order chi connectivity index (χ0) is 20.4. The van der Waals surface area contributed by atoms with Gasteiger partial charge in [-0.25, -0.2) is 0 Å². The van der Waals surface area contributed by atoms with Crippen molar-refractivity contribution in [3.63, 3.8) is 0 Å². The average molecular weight is 397 g/mol. The summed E-state index contributed by atoms with van der Waals surface area (Å²) in [6.45, 7) is 4.38. The van der Waals surface area contributed by atoms with E-state index in [-0.39, 0.29) is 24.2 Å². The number of aromatic nitrogens is 2. The zero-order valence-corrected chi connectivity index (χ0v) is 15.5. The van der Waals surface area contributed by atoms with Gasteiger partial charge in [-0.3, -0.25) is 24.4 Å². The van der Waals surface area contributed by atoms with Gasteiger partial charge in [0.05, 0.1) is 25.4 Å². The van der Waals surface area contributed by atoms with Crippen molar-refractivity contribution in [2.45, 2.75) is 25.0 Å². The third kappa shape index (κ3) is 6.59. The summed E-state index contributed by atoms with van der Waals surface area (Å²) in [5.74, 6) is -0.674. The highest BCUT2D eigenvalue weighted by Crippen LogP contribution is 2.26. The molecule has 2 heterocycles. The van der Waals surface area contributed by atoms with Crippen LogP contribution in [0, 0.1) is 5.92 Å². The number of morpholine rings is 1. The van der Waals surface area contributed by atoms with E-state index in [1.807, 2.05) is 0 Å². The number of aliphatic hydroxyl groups excluding tert-OH is 1. The highest BCUT2D eigenvalue weighted by Gasteiger charge is 2.37. The standard InChI is InChI=1S/C16H25N5O4.CH2O2/c22-14-10-11(9-13(14)19-16(24)12-1-2-18-20-12)15(23)17-3-4-21-5-7-25-8-6-21;2-1-3/h1-2,11,13-14,22H,3-10H2,(H,17,23)(H,18,20)(H,19,24);1H,(H,2,3)/t11-,13+,14+;/m0./s1. The molecule has 3 atom stereocenters. The molecule has 11 nitrogen and oxygen atoms in total. The molecule has 11 heteroatoms. The van der Waals surface area contributed by atoms with Gasteiger partial charge in [-0.1, -0.05) is 0 Å². The molecular formula is C17H27N5O6. The monoisotopic (exact) mass is 397 g/mol. The lowest BCUT2D eigenvalue weighted by Crippen LogP contribution is -2.42. The van der Waals surface area contributed by atoms with Gasteiger partial charge in [0.15, 0.2) is 0 Å². The minimum Gasteiger partial charge on any atom is -0.483 e. The number of ether oxygens (including phenoxy) is 1. The van der Waals surface area contributed by atoms with E-state index in [4.69, 9.17) is 14.6 Å². The summed E-state index contributed by atoms with van der Waals surface area (Å²) in [7, 11) is 0. The van der Waals surface area contributed by atoms with E-state index in [2.05, 4.69) is 25.7 Å². The summed E-state index contributed by atoms with van der Waals surface area (Å²) in [5, 5.41) is 29.0. The number of amides is 2. The van der Waals surface area contributed by atoms with Gasteiger partial charge in [0.2, 0.25) is 5.91 Å². The van der Waals surface area contributed by atoms with Gasteiger partial charge in [0, 0.05) is 38.3 Å². The van der Waals surface area contributed by atoms with Crippen molar-refractivity contribution >= 4 is 18.3 Å². The van der Waals surface area contributed by atoms with E-state index < -0.39 is 12.1 Å². The van der Waals surface area contributed by atoms with E-state index in [0.29, 0.717) is 25.1 Å². The molecule has 1 aliphatic heterocycles. The first-order valence-corrected chi connectivity index (χ1v) is 9.19. The quantitative estimate of drug-likeness (QED) is 0.360. The molecule has 28 heavy (non-hydrogen) atoms. The normalized spacial score (nSPS) is 24.7. The molecule has 1 aromatic rings. The van der Waals surface area contributed by atoms with Crippen LogP contribution in [0.25, 0.3) is 0 Å². The number of hydrogen-bond acceptors (Lipinski definition) is 7. The Morgan fingerprint density at radius 2 is 2.07 bits per heavy atom. The predicted molar refractivity (Wildman–Crippen MR) is 97.5 cm³/mol. The average Bonchev–Trinajstić information content (AvgIpc) is 3.34. The molecule has 1 saturated heterocycles. The highest BCUT2D eigenvalue weighted by atomic mass is 16.5. The zero-order valence-electron chi connectivity index (χ0n) is 15.5. The summed E-state index contributed by atoms with van der Waals surface area (Å²) in [5.41, 5.74) is 0.339. The molecule has 2 fully saturated rings. The fraction of sp³-hybridized carbons (Fsp3) is 0.647. The first-order chi connectivity index (χ1) is 13.5. The van der Waals surface area contributed by atoms with Gasteiger partial charge in [0.1, 0.15) is 5.69 Å². The molecule has 1 saturated carbocycles. The van der Waals surface area contributed by atoms with Gasteiger partial charge in [-0.15, -0.1) is 0 Å². The number of carboxylic acid groups (broad SMARTS) is 1. The van der Waals surface area contributed by atoms with Gasteiger partial charge in [-0.2, -0.15) is 5.10 Å². The number of rotatable bonds is 6. The minimum absolute atomic E-state index is 0.0643. The lowest BCUT2D eigenvalue weighted by molar-refractivity contribution is -0.125. The van der Waals surface area contributed by atoms with Crippen molar-refractivity contribution in [2.24, 2.45) is 5.92 Å². The molecule has 5 N–H and O–H groups in total. The molecule has 1 aromatic heterocycles. The van der Waals surface area contributed by atoms with Crippen LogP contribution in [0.4, 0.5) is 0 Å². The molecule has 0 radical (unpaired) electrons. The Bertz CT molecular complexity index is 620. The van der Waals surface area contributed by atoms with Crippen LogP contribution in [-0.2, 0) is 14.3 Å². The van der Waals surface area contributed by atoms with E-state index >= 15 is 0 Å². The Balaban J connectivity index is 0.000000878. The lowest BCUT2D eigenvalue weighted by Gasteiger charge is -2.26. The SMILES string of the molecule is O=C(N[C@@H]1C[C@H](C(=O)NCCN2CCOCC2)C[C@H]1O)c1ccn[nH]1.O=CO. The van der Waals surface area contributed by atoms with Crippen LogP contribution in [0.2, 0.25) is 0 Å². The maximum absolute atomic E-state index is 12.3. The third-order valence-electron chi connectivity index (χ3n) is 4.79. The molecule has 2 aliphatic rings. The Kier molecular flexibility index (Phi) is 8.85. The second-order valence-corrected chi connectivity index (χ2v) is 6.64. The predicted octanol–water partition coefficient (Wildman–Crippen LogP) is -1.57.